The molecule has 0 aromatic heterocycles. The van der Waals surface area contributed by atoms with Gasteiger partial charge in [0, 0.05) is 31.8 Å². The average Bonchev–Trinajstić information content (AvgIpc) is 2.78. The fraction of sp³-hybridized carbons (Fsp3) is 0.400. The summed E-state index contributed by atoms with van der Waals surface area (Å²) in [6.07, 6.45) is -5.07. The van der Waals surface area contributed by atoms with Gasteiger partial charge in [-0.1, -0.05) is 0 Å². The average molecular weight is 543 g/mol. The molecule has 0 saturated carbocycles. The van der Waals surface area contributed by atoms with E-state index < -0.39 is 37.1 Å². The van der Waals surface area contributed by atoms with Crippen LogP contribution in [0.2, 0.25) is 0 Å². The molecule has 2 aromatic rings. The Bertz CT molecular complexity index is 1270. The Morgan fingerprint density at radius 2 is 1.49 bits per heavy atom. The van der Waals surface area contributed by atoms with Gasteiger partial charge in [-0.25, -0.2) is 21.6 Å². The lowest BCUT2D eigenvalue weighted by molar-refractivity contribution is -0.275. The maximum absolute atomic E-state index is 12.8. The van der Waals surface area contributed by atoms with Crippen LogP contribution in [-0.2, 0) is 20.0 Å². The van der Waals surface area contributed by atoms with E-state index in [4.69, 9.17) is 14.2 Å². The van der Waals surface area contributed by atoms with Gasteiger partial charge in [-0.2, -0.15) is 4.31 Å². The smallest absolute Gasteiger partial charge is 0.493 e. The highest BCUT2D eigenvalue weighted by Crippen LogP contribution is 2.38. The van der Waals surface area contributed by atoms with Gasteiger partial charge in [-0.05, 0) is 31.2 Å². The summed E-state index contributed by atoms with van der Waals surface area (Å²) in [5, 5.41) is 0. The Labute approximate surface area is 201 Å². The van der Waals surface area contributed by atoms with Gasteiger partial charge in [0.25, 0.3) is 0 Å². The van der Waals surface area contributed by atoms with E-state index in [9.17, 15) is 30.0 Å². The van der Waals surface area contributed by atoms with Crippen LogP contribution in [0.5, 0.6) is 23.0 Å². The highest BCUT2D eigenvalue weighted by Gasteiger charge is 2.35. The molecule has 0 heterocycles. The summed E-state index contributed by atoms with van der Waals surface area (Å²) in [5.41, 5.74) is -0.333. The number of rotatable bonds is 11. The van der Waals surface area contributed by atoms with Crippen molar-refractivity contribution >= 4 is 20.0 Å². The van der Waals surface area contributed by atoms with Crippen molar-refractivity contribution in [2.75, 3.05) is 41.5 Å². The lowest BCUT2D eigenvalue weighted by atomic mass is 10.2. The molecular weight excluding hydrogens is 517 g/mol. The molecular formula is C20H25F3N2O8S2. The molecule has 0 unspecified atom stereocenters. The molecule has 0 spiro atoms. The van der Waals surface area contributed by atoms with Crippen molar-refractivity contribution in [2.24, 2.45) is 0 Å². The predicted molar refractivity (Wildman–Crippen MR) is 119 cm³/mol. The fourth-order valence-electron chi connectivity index (χ4n) is 3.04. The van der Waals surface area contributed by atoms with Gasteiger partial charge in [0.05, 0.1) is 31.1 Å². The van der Waals surface area contributed by atoms with E-state index in [1.807, 2.05) is 0 Å². The third-order valence-electron chi connectivity index (χ3n) is 4.83. The second kappa shape index (κ2) is 10.9. The van der Waals surface area contributed by atoms with Crippen LogP contribution in [0.4, 0.5) is 13.2 Å². The van der Waals surface area contributed by atoms with E-state index in [1.165, 1.54) is 39.5 Å². The number of ether oxygens (including phenoxy) is 4. The van der Waals surface area contributed by atoms with Gasteiger partial charge in [-0.3, -0.25) is 0 Å². The zero-order valence-electron chi connectivity index (χ0n) is 19.5. The van der Waals surface area contributed by atoms with Crippen LogP contribution < -0.4 is 23.7 Å². The molecule has 0 amide bonds. The first-order valence-corrected chi connectivity index (χ1v) is 12.7. The third-order valence-corrected chi connectivity index (χ3v) is 8.29. The highest BCUT2D eigenvalue weighted by atomic mass is 32.2. The van der Waals surface area contributed by atoms with E-state index in [0.717, 1.165) is 30.5 Å². The summed E-state index contributed by atoms with van der Waals surface area (Å²) in [6.45, 7) is 0.481. The number of likely N-dealkylation sites (N-methyl/N-ethyl adjacent to an activating group) is 1. The van der Waals surface area contributed by atoms with Crippen LogP contribution >= 0.6 is 0 Å². The van der Waals surface area contributed by atoms with Crippen LogP contribution in [0.3, 0.4) is 0 Å². The minimum absolute atomic E-state index is 0.111. The molecule has 196 valence electrons. The van der Waals surface area contributed by atoms with Crippen molar-refractivity contribution in [3.05, 3.63) is 35.9 Å². The lowest BCUT2D eigenvalue weighted by Gasteiger charge is -2.20. The normalized spacial score (nSPS) is 12.5. The predicted octanol–water partition coefficient (Wildman–Crippen LogP) is 2.52. The van der Waals surface area contributed by atoms with Gasteiger partial charge in [0.2, 0.25) is 20.0 Å². The molecule has 2 rings (SSSR count). The second-order valence-electron chi connectivity index (χ2n) is 7.01. The van der Waals surface area contributed by atoms with Crippen molar-refractivity contribution in [3.63, 3.8) is 0 Å². The first-order valence-electron chi connectivity index (χ1n) is 9.79. The monoisotopic (exact) mass is 542 g/mol. The van der Waals surface area contributed by atoms with Crippen molar-refractivity contribution in [1.82, 2.24) is 9.03 Å². The van der Waals surface area contributed by atoms with Crippen LogP contribution in [0.25, 0.3) is 0 Å². The number of hydrogen-bond donors (Lipinski definition) is 1. The molecule has 0 fully saturated rings. The summed E-state index contributed by atoms with van der Waals surface area (Å²) in [4.78, 5) is -0.594. The van der Waals surface area contributed by atoms with Gasteiger partial charge in [-0.15, -0.1) is 13.2 Å². The summed E-state index contributed by atoms with van der Waals surface area (Å²) in [6, 6.07) is 6.06. The standard InChI is InChI=1S/C20H25F3N2O8S2/c1-13-18(9-8-16(31-4)19(13)33-20(21,22)23)34(26,27)24-10-11-25(2)35(28,29)14-6-7-15(30-3)17(12-14)32-5/h6-9,12,24H,10-11H2,1-5H3. The van der Waals surface area contributed by atoms with Crippen molar-refractivity contribution in [3.8, 4) is 23.0 Å². The third kappa shape index (κ3) is 6.68. The lowest BCUT2D eigenvalue weighted by Crippen LogP contribution is -2.36. The summed E-state index contributed by atoms with van der Waals surface area (Å²) in [5.74, 6) is -0.587. The Morgan fingerprint density at radius 3 is 2.03 bits per heavy atom. The van der Waals surface area contributed by atoms with Crippen molar-refractivity contribution in [2.45, 2.75) is 23.1 Å². The van der Waals surface area contributed by atoms with Gasteiger partial charge >= 0.3 is 6.36 Å². The molecule has 0 radical (unpaired) electrons. The number of benzene rings is 2. The molecule has 2 aromatic carbocycles. The highest BCUT2D eigenvalue weighted by molar-refractivity contribution is 7.89. The minimum atomic E-state index is -5.07. The number of alkyl halides is 3. The molecule has 0 bridgehead atoms. The first kappa shape index (κ1) is 28.5. The van der Waals surface area contributed by atoms with Gasteiger partial charge < -0.3 is 18.9 Å². The topological polar surface area (TPSA) is 120 Å². The SMILES string of the molecule is COc1ccc(S(=O)(=O)N(C)CCNS(=O)(=O)c2ccc(OC)c(OC(F)(F)F)c2C)cc1OC. The van der Waals surface area contributed by atoms with Crippen LogP contribution in [0, 0.1) is 6.92 Å². The Morgan fingerprint density at radius 1 is 0.914 bits per heavy atom. The molecule has 35 heavy (non-hydrogen) atoms. The summed E-state index contributed by atoms with van der Waals surface area (Å²) < 4.78 is 112. The van der Waals surface area contributed by atoms with E-state index in [2.05, 4.69) is 9.46 Å². The molecule has 15 heteroatoms. The molecule has 0 saturated heterocycles. The fourth-order valence-corrected chi connectivity index (χ4v) is 5.48. The molecule has 1 N–H and O–H groups in total. The summed E-state index contributed by atoms with van der Waals surface area (Å²) in [7, 11) is -3.26. The molecule has 0 aliphatic rings. The Kier molecular flexibility index (Phi) is 8.86. The first-order chi connectivity index (χ1) is 16.2. The number of hydrogen-bond acceptors (Lipinski definition) is 8. The van der Waals surface area contributed by atoms with Gasteiger partial charge in [0.1, 0.15) is 0 Å². The van der Waals surface area contributed by atoms with Crippen molar-refractivity contribution < 1.29 is 49.0 Å². The van der Waals surface area contributed by atoms with Gasteiger partial charge in [0.15, 0.2) is 23.0 Å². The van der Waals surface area contributed by atoms with Crippen LogP contribution in [-0.4, -0.2) is 69.0 Å². The van der Waals surface area contributed by atoms with Crippen LogP contribution in [0.1, 0.15) is 5.56 Å². The number of halogens is 3. The zero-order valence-corrected chi connectivity index (χ0v) is 21.1. The maximum atomic E-state index is 12.8. The van der Waals surface area contributed by atoms with Crippen molar-refractivity contribution in [1.29, 1.82) is 0 Å². The Hall–Kier alpha value is -2.75. The molecule has 10 nitrogen and oxygen atoms in total. The molecule has 0 atom stereocenters. The number of nitrogens with zero attached hydrogens (tertiary/aromatic N) is 1. The number of methoxy groups -OCH3 is 3. The molecule has 0 aliphatic heterocycles. The molecule has 0 aliphatic carbocycles. The zero-order chi connectivity index (χ0) is 26.6. The van der Waals surface area contributed by atoms with E-state index in [1.54, 1.807) is 0 Å². The maximum Gasteiger partial charge on any atom is 0.573 e. The largest absolute Gasteiger partial charge is 0.573 e. The quantitative estimate of drug-likeness (QED) is 0.460. The Balaban J connectivity index is 2.20. The number of sulfonamides is 2. The van der Waals surface area contributed by atoms with E-state index in [-0.39, 0.29) is 35.0 Å². The van der Waals surface area contributed by atoms with E-state index in [0.29, 0.717) is 5.75 Å². The minimum Gasteiger partial charge on any atom is -0.493 e. The van der Waals surface area contributed by atoms with E-state index >= 15 is 0 Å². The summed E-state index contributed by atoms with van der Waals surface area (Å²) >= 11 is 0. The number of nitrogens with one attached hydrogen (secondary N) is 1. The second-order valence-corrected chi connectivity index (χ2v) is 10.8. The van der Waals surface area contributed by atoms with Crippen LogP contribution in [0.15, 0.2) is 40.1 Å².